The van der Waals surface area contributed by atoms with E-state index in [-0.39, 0.29) is 20.7 Å². The molecule has 4 nitrogen and oxygen atoms in total. The van der Waals surface area contributed by atoms with E-state index >= 15 is 0 Å². The van der Waals surface area contributed by atoms with Crippen LogP contribution in [0.2, 0.25) is 10.0 Å². The van der Waals surface area contributed by atoms with Crippen LogP contribution < -0.4 is 0 Å². The van der Waals surface area contributed by atoms with Crippen molar-refractivity contribution in [1.82, 2.24) is 0 Å². The van der Waals surface area contributed by atoms with E-state index in [0.717, 1.165) is 0 Å². The van der Waals surface area contributed by atoms with E-state index in [1.54, 1.807) is 0 Å². The number of furan rings is 1. The Kier molecular flexibility index (Phi) is 3.99. The highest BCUT2D eigenvalue weighted by molar-refractivity contribution is 7.92. The Morgan fingerprint density at radius 2 is 1.74 bits per heavy atom. The Bertz CT molecular complexity index is 685. The van der Waals surface area contributed by atoms with Crippen molar-refractivity contribution in [3.05, 3.63) is 52.4 Å². The van der Waals surface area contributed by atoms with Gasteiger partial charge in [0.15, 0.2) is 15.6 Å². The number of sulfone groups is 1. The molecule has 0 aliphatic rings. The first-order valence-electron chi connectivity index (χ1n) is 5.15. The molecule has 100 valence electrons. The zero-order chi connectivity index (χ0) is 14.0. The van der Waals surface area contributed by atoms with E-state index in [9.17, 15) is 13.2 Å². The molecule has 0 N–H and O–H groups in total. The highest BCUT2D eigenvalue weighted by Gasteiger charge is 2.26. The van der Waals surface area contributed by atoms with Crippen LogP contribution in [0.3, 0.4) is 0 Å². The molecule has 0 aliphatic heterocycles. The molecule has 0 aliphatic carbocycles. The second kappa shape index (κ2) is 5.36. The van der Waals surface area contributed by atoms with Crippen molar-refractivity contribution < 1.29 is 17.6 Å². The summed E-state index contributed by atoms with van der Waals surface area (Å²) in [6, 6.07) is 7.22. The molecule has 7 heteroatoms. The minimum absolute atomic E-state index is 0.0141. The first-order valence-corrected chi connectivity index (χ1v) is 7.56. The van der Waals surface area contributed by atoms with E-state index < -0.39 is 21.4 Å². The Hall–Kier alpha value is -1.30. The van der Waals surface area contributed by atoms with Crippen LogP contribution in [0, 0.1) is 0 Å². The van der Waals surface area contributed by atoms with Crippen LogP contribution in [-0.4, -0.2) is 20.0 Å². The maximum atomic E-state index is 12.1. The van der Waals surface area contributed by atoms with E-state index in [4.69, 9.17) is 27.6 Å². The van der Waals surface area contributed by atoms with Crippen LogP contribution >= 0.6 is 23.2 Å². The van der Waals surface area contributed by atoms with E-state index in [0.29, 0.717) is 0 Å². The molecular weight excluding hydrogens is 311 g/mol. The summed E-state index contributed by atoms with van der Waals surface area (Å²) in [4.78, 5) is 11.5. The lowest BCUT2D eigenvalue weighted by Gasteiger charge is -2.07. The minimum Gasteiger partial charge on any atom is -0.461 e. The average Bonchev–Trinajstić information content (AvgIpc) is 2.80. The SMILES string of the molecule is O=C(CS(=O)(=O)c1c(Cl)cccc1Cl)c1ccco1. The maximum absolute atomic E-state index is 12.1. The lowest BCUT2D eigenvalue weighted by molar-refractivity contribution is 0.0990. The van der Waals surface area contributed by atoms with Crippen LogP contribution in [0.5, 0.6) is 0 Å². The Morgan fingerprint density at radius 1 is 1.11 bits per heavy atom. The number of hydrogen-bond donors (Lipinski definition) is 0. The molecule has 0 radical (unpaired) electrons. The molecule has 1 aromatic heterocycles. The zero-order valence-electron chi connectivity index (χ0n) is 9.47. The monoisotopic (exact) mass is 318 g/mol. The number of halogens is 2. The molecule has 0 bridgehead atoms. The molecule has 0 spiro atoms. The molecule has 0 fully saturated rings. The fourth-order valence-electron chi connectivity index (χ4n) is 1.53. The summed E-state index contributed by atoms with van der Waals surface area (Å²) in [5, 5.41) is -0.0283. The zero-order valence-corrected chi connectivity index (χ0v) is 11.8. The summed E-state index contributed by atoms with van der Waals surface area (Å²) in [6.45, 7) is 0. The number of carbonyl (C=O) groups excluding carboxylic acids is 1. The number of benzene rings is 1. The predicted octanol–water partition coefficient (Wildman–Crippen LogP) is 3.24. The smallest absolute Gasteiger partial charge is 0.213 e. The molecule has 1 aromatic carbocycles. The largest absolute Gasteiger partial charge is 0.461 e. The summed E-state index contributed by atoms with van der Waals surface area (Å²) >= 11 is 11.6. The molecule has 0 amide bonds. The normalized spacial score (nSPS) is 11.5. The van der Waals surface area contributed by atoms with Crippen molar-refractivity contribution in [1.29, 1.82) is 0 Å². The quantitative estimate of drug-likeness (QED) is 0.812. The third-order valence-corrected chi connectivity index (χ3v) is 4.91. The van der Waals surface area contributed by atoms with Crippen molar-refractivity contribution in [2.75, 3.05) is 5.75 Å². The van der Waals surface area contributed by atoms with Crippen molar-refractivity contribution in [2.24, 2.45) is 0 Å². The second-order valence-electron chi connectivity index (χ2n) is 3.71. The first-order chi connectivity index (χ1) is 8.92. The number of Topliss-reactive ketones (excluding diaryl/α,β-unsaturated/α-hetero) is 1. The van der Waals surface area contributed by atoms with Crippen molar-refractivity contribution in [3.8, 4) is 0 Å². The van der Waals surface area contributed by atoms with Gasteiger partial charge in [0.2, 0.25) is 5.78 Å². The summed E-state index contributed by atoms with van der Waals surface area (Å²) in [5.41, 5.74) is 0. The fourth-order valence-corrected chi connectivity index (χ4v) is 4.00. The number of ketones is 1. The Morgan fingerprint density at radius 3 is 2.26 bits per heavy atom. The third-order valence-electron chi connectivity index (χ3n) is 2.35. The fraction of sp³-hybridized carbons (Fsp3) is 0.0833. The first kappa shape index (κ1) is 14.1. The topological polar surface area (TPSA) is 64.3 Å². The minimum atomic E-state index is -3.92. The molecule has 0 atom stereocenters. The van der Waals surface area contributed by atoms with Crippen molar-refractivity contribution in [3.63, 3.8) is 0 Å². The summed E-state index contributed by atoms with van der Waals surface area (Å²) in [6.07, 6.45) is 1.29. The van der Waals surface area contributed by atoms with Crippen molar-refractivity contribution in [2.45, 2.75) is 4.90 Å². The van der Waals surface area contributed by atoms with Gasteiger partial charge in [0.25, 0.3) is 0 Å². The number of hydrogen-bond acceptors (Lipinski definition) is 4. The van der Waals surface area contributed by atoms with Crippen LogP contribution in [0.25, 0.3) is 0 Å². The van der Waals surface area contributed by atoms with Gasteiger partial charge in [0, 0.05) is 0 Å². The van der Waals surface area contributed by atoms with Gasteiger partial charge in [-0.25, -0.2) is 8.42 Å². The molecule has 2 rings (SSSR count). The van der Waals surface area contributed by atoms with Gasteiger partial charge in [-0.15, -0.1) is 0 Å². The molecular formula is C12H8Cl2O4S. The Balaban J connectivity index is 2.36. The van der Waals surface area contributed by atoms with Crippen molar-refractivity contribution >= 4 is 38.8 Å². The number of carbonyl (C=O) groups is 1. The number of rotatable bonds is 4. The van der Waals surface area contributed by atoms with Gasteiger partial charge < -0.3 is 4.42 Å². The second-order valence-corrected chi connectivity index (χ2v) is 6.45. The van der Waals surface area contributed by atoms with Gasteiger partial charge in [0.05, 0.1) is 16.3 Å². The molecule has 0 unspecified atom stereocenters. The van der Waals surface area contributed by atoms with Crippen LogP contribution in [0.1, 0.15) is 10.6 Å². The molecule has 0 saturated carbocycles. The van der Waals surface area contributed by atoms with Gasteiger partial charge in [-0.3, -0.25) is 4.79 Å². The van der Waals surface area contributed by atoms with Gasteiger partial charge >= 0.3 is 0 Å². The Labute approximate surface area is 119 Å². The molecule has 19 heavy (non-hydrogen) atoms. The van der Waals surface area contributed by atoms with E-state index in [1.165, 1.54) is 36.6 Å². The molecule has 0 saturated heterocycles. The average molecular weight is 319 g/mol. The summed E-state index contributed by atoms with van der Waals surface area (Å²) in [5.74, 6) is -1.42. The van der Waals surface area contributed by atoms with Gasteiger partial charge in [-0.2, -0.15) is 0 Å². The van der Waals surface area contributed by atoms with E-state index in [2.05, 4.69) is 0 Å². The lowest BCUT2D eigenvalue weighted by Crippen LogP contribution is -2.16. The summed E-state index contributed by atoms with van der Waals surface area (Å²) < 4.78 is 29.2. The predicted molar refractivity (Wildman–Crippen MR) is 71.6 cm³/mol. The molecule has 2 aromatic rings. The van der Waals surface area contributed by atoms with Gasteiger partial charge in [-0.1, -0.05) is 29.3 Å². The maximum Gasteiger partial charge on any atom is 0.213 e. The van der Waals surface area contributed by atoms with Crippen LogP contribution in [0.4, 0.5) is 0 Å². The van der Waals surface area contributed by atoms with Crippen LogP contribution in [-0.2, 0) is 9.84 Å². The van der Waals surface area contributed by atoms with Gasteiger partial charge in [0.1, 0.15) is 10.6 Å². The van der Waals surface area contributed by atoms with Crippen LogP contribution in [0.15, 0.2) is 45.9 Å². The summed E-state index contributed by atoms with van der Waals surface area (Å²) in [7, 11) is -3.92. The highest BCUT2D eigenvalue weighted by Crippen LogP contribution is 2.30. The van der Waals surface area contributed by atoms with Gasteiger partial charge in [-0.05, 0) is 24.3 Å². The lowest BCUT2D eigenvalue weighted by atomic mass is 10.3. The third kappa shape index (κ3) is 3.00. The molecule has 1 heterocycles. The van der Waals surface area contributed by atoms with E-state index in [1.807, 2.05) is 0 Å². The highest BCUT2D eigenvalue weighted by atomic mass is 35.5. The standard InChI is InChI=1S/C12H8Cl2O4S/c13-8-3-1-4-9(14)12(8)19(16,17)7-10(15)11-5-2-6-18-11/h1-6H,7H2.